The van der Waals surface area contributed by atoms with Crippen molar-refractivity contribution < 1.29 is 4.79 Å². The van der Waals surface area contributed by atoms with Crippen molar-refractivity contribution in [2.75, 3.05) is 5.32 Å². The van der Waals surface area contributed by atoms with Crippen LogP contribution in [0.15, 0.2) is 84.9 Å². The third kappa shape index (κ3) is 3.59. The van der Waals surface area contributed by atoms with Crippen molar-refractivity contribution in [1.29, 1.82) is 0 Å². The van der Waals surface area contributed by atoms with E-state index in [-0.39, 0.29) is 18.1 Å². The number of rotatable bonds is 6. The van der Waals surface area contributed by atoms with E-state index in [1.165, 1.54) is 5.56 Å². The molecule has 3 heteroatoms. The van der Waals surface area contributed by atoms with Gasteiger partial charge < -0.3 is 10.2 Å². The van der Waals surface area contributed by atoms with Crippen LogP contribution in [0.25, 0.3) is 0 Å². The minimum atomic E-state index is -0.137. The van der Waals surface area contributed by atoms with Crippen LogP contribution in [0, 0.1) is 0 Å². The summed E-state index contributed by atoms with van der Waals surface area (Å²) in [6.07, 6.45) is 1.75. The number of benzene rings is 3. The average Bonchev–Trinajstić information content (AvgIpc) is 3.00. The Morgan fingerprint density at radius 3 is 2.26 bits per heavy atom. The Bertz CT molecular complexity index is 908. The van der Waals surface area contributed by atoms with Crippen LogP contribution >= 0.6 is 0 Å². The van der Waals surface area contributed by atoms with Crippen LogP contribution in [-0.2, 0) is 6.42 Å². The van der Waals surface area contributed by atoms with Gasteiger partial charge in [-0.25, -0.2) is 0 Å². The monoisotopic (exact) mass is 356 g/mol. The minimum Gasteiger partial charge on any atom is -0.361 e. The zero-order valence-corrected chi connectivity index (χ0v) is 15.5. The van der Waals surface area contributed by atoms with Crippen molar-refractivity contribution in [3.8, 4) is 0 Å². The number of para-hydroxylation sites is 1. The number of carbonyl (C=O) groups is 1. The lowest BCUT2D eigenvalue weighted by molar-refractivity contribution is 0.0660. The van der Waals surface area contributed by atoms with Gasteiger partial charge in [0.2, 0.25) is 0 Å². The SMILES string of the molecule is C[C@@H](CCc1ccccc1)N1C(=O)c2ccccc2[C@@H]1Nc1ccccc1. The second-order valence-corrected chi connectivity index (χ2v) is 7.09. The van der Waals surface area contributed by atoms with E-state index in [0.29, 0.717) is 0 Å². The lowest BCUT2D eigenvalue weighted by atomic mass is 10.0. The van der Waals surface area contributed by atoms with Gasteiger partial charge in [0.25, 0.3) is 5.91 Å². The predicted molar refractivity (Wildman–Crippen MR) is 110 cm³/mol. The number of carbonyl (C=O) groups excluding carboxylic acids is 1. The number of anilines is 1. The maximum atomic E-state index is 13.1. The van der Waals surface area contributed by atoms with Crippen molar-refractivity contribution in [3.05, 3.63) is 102 Å². The molecule has 1 heterocycles. The minimum absolute atomic E-state index is 0.111. The molecule has 3 aromatic carbocycles. The van der Waals surface area contributed by atoms with Gasteiger partial charge >= 0.3 is 0 Å². The van der Waals surface area contributed by atoms with Crippen molar-refractivity contribution >= 4 is 11.6 Å². The molecule has 136 valence electrons. The molecule has 1 aliphatic rings. The Hall–Kier alpha value is -3.07. The van der Waals surface area contributed by atoms with Crippen LogP contribution in [0.4, 0.5) is 5.69 Å². The second-order valence-electron chi connectivity index (χ2n) is 7.09. The quantitative estimate of drug-likeness (QED) is 0.652. The molecular formula is C24H24N2O. The third-order valence-electron chi connectivity index (χ3n) is 5.24. The lowest BCUT2D eigenvalue weighted by Crippen LogP contribution is -2.39. The molecule has 0 saturated heterocycles. The Kier molecular flexibility index (Phi) is 4.93. The van der Waals surface area contributed by atoms with E-state index in [1.54, 1.807) is 0 Å². The Balaban J connectivity index is 1.58. The smallest absolute Gasteiger partial charge is 0.256 e. The first kappa shape index (κ1) is 17.3. The molecule has 0 fully saturated rings. The van der Waals surface area contributed by atoms with Crippen LogP contribution in [0.2, 0.25) is 0 Å². The molecule has 1 aliphatic heterocycles. The molecule has 2 atom stereocenters. The number of hydrogen-bond donors (Lipinski definition) is 1. The van der Waals surface area contributed by atoms with Gasteiger partial charge in [0.1, 0.15) is 6.17 Å². The molecule has 3 aromatic rings. The van der Waals surface area contributed by atoms with Gasteiger partial charge in [-0.15, -0.1) is 0 Å². The summed E-state index contributed by atoms with van der Waals surface area (Å²) < 4.78 is 0. The zero-order chi connectivity index (χ0) is 18.6. The second kappa shape index (κ2) is 7.67. The molecule has 0 bridgehead atoms. The summed E-state index contributed by atoms with van der Waals surface area (Å²) in [5, 5.41) is 3.56. The lowest BCUT2D eigenvalue weighted by Gasteiger charge is -2.32. The van der Waals surface area contributed by atoms with Crippen molar-refractivity contribution in [2.24, 2.45) is 0 Å². The normalized spacial score (nSPS) is 16.9. The van der Waals surface area contributed by atoms with Gasteiger partial charge in [0.05, 0.1) is 0 Å². The highest BCUT2D eigenvalue weighted by Crippen LogP contribution is 2.36. The largest absolute Gasteiger partial charge is 0.361 e. The van der Waals surface area contributed by atoms with E-state index in [1.807, 2.05) is 59.5 Å². The topological polar surface area (TPSA) is 32.3 Å². The van der Waals surface area contributed by atoms with E-state index in [2.05, 4.69) is 42.6 Å². The molecule has 0 unspecified atom stereocenters. The van der Waals surface area contributed by atoms with Gasteiger partial charge in [-0.3, -0.25) is 4.79 Å². The molecule has 0 spiro atoms. The summed E-state index contributed by atoms with van der Waals surface area (Å²) in [5.41, 5.74) is 4.18. The summed E-state index contributed by atoms with van der Waals surface area (Å²) in [6, 6.07) is 28.6. The van der Waals surface area contributed by atoms with Gasteiger partial charge in [-0.05, 0) is 43.5 Å². The standard InChI is InChI=1S/C24H24N2O/c1-18(16-17-19-10-4-2-5-11-19)26-23(25-20-12-6-3-7-13-20)21-14-8-9-15-22(21)24(26)27/h2-15,18,23,25H,16-17H2,1H3/t18-,23+/m0/s1. The molecule has 0 radical (unpaired) electrons. The van der Waals surface area contributed by atoms with Gasteiger partial charge in [-0.1, -0.05) is 66.7 Å². The summed E-state index contributed by atoms with van der Waals surface area (Å²) in [6.45, 7) is 2.15. The highest BCUT2D eigenvalue weighted by atomic mass is 16.2. The summed E-state index contributed by atoms with van der Waals surface area (Å²) in [5.74, 6) is 0.111. The fraction of sp³-hybridized carbons (Fsp3) is 0.208. The maximum Gasteiger partial charge on any atom is 0.256 e. The molecule has 1 amide bonds. The molecule has 0 aliphatic carbocycles. The van der Waals surface area contributed by atoms with Crippen LogP contribution < -0.4 is 5.32 Å². The fourth-order valence-corrected chi connectivity index (χ4v) is 3.79. The molecule has 0 saturated carbocycles. The van der Waals surface area contributed by atoms with Crippen LogP contribution in [0.1, 0.15) is 41.0 Å². The van der Waals surface area contributed by atoms with Crippen molar-refractivity contribution in [1.82, 2.24) is 4.90 Å². The number of amides is 1. The maximum absolute atomic E-state index is 13.1. The number of hydrogen-bond acceptors (Lipinski definition) is 2. The highest BCUT2D eigenvalue weighted by molar-refractivity contribution is 5.99. The summed E-state index contributed by atoms with van der Waals surface area (Å²) in [7, 11) is 0. The Labute approximate surface area is 160 Å². The number of nitrogens with one attached hydrogen (secondary N) is 1. The summed E-state index contributed by atoms with van der Waals surface area (Å²) in [4.78, 5) is 15.1. The van der Waals surface area contributed by atoms with E-state index < -0.39 is 0 Å². The third-order valence-corrected chi connectivity index (χ3v) is 5.24. The van der Waals surface area contributed by atoms with Crippen LogP contribution in [0.3, 0.4) is 0 Å². The summed E-state index contributed by atoms with van der Waals surface area (Å²) >= 11 is 0. The van der Waals surface area contributed by atoms with Crippen molar-refractivity contribution in [2.45, 2.75) is 32.0 Å². The zero-order valence-electron chi connectivity index (χ0n) is 15.5. The van der Waals surface area contributed by atoms with Gasteiger partial charge in [0, 0.05) is 22.9 Å². The Morgan fingerprint density at radius 1 is 0.889 bits per heavy atom. The van der Waals surface area contributed by atoms with E-state index in [4.69, 9.17) is 0 Å². The fourth-order valence-electron chi connectivity index (χ4n) is 3.79. The number of nitrogens with zero attached hydrogens (tertiary/aromatic N) is 1. The van der Waals surface area contributed by atoms with Crippen molar-refractivity contribution in [3.63, 3.8) is 0 Å². The molecule has 4 rings (SSSR count). The first-order valence-corrected chi connectivity index (χ1v) is 9.51. The predicted octanol–water partition coefficient (Wildman–Crippen LogP) is 5.27. The first-order valence-electron chi connectivity index (χ1n) is 9.51. The molecule has 27 heavy (non-hydrogen) atoms. The molecular weight excluding hydrogens is 332 g/mol. The molecule has 1 N–H and O–H groups in total. The van der Waals surface area contributed by atoms with Gasteiger partial charge in [0.15, 0.2) is 0 Å². The average molecular weight is 356 g/mol. The molecule has 3 nitrogen and oxygen atoms in total. The highest BCUT2D eigenvalue weighted by Gasteiger charge is 2.38. The van der Waals surface area contributed by atoms with Gasteiger partial charge in [-0.2, -0.15) is 0 Å². The van der Waals surface area contributed by atoms with E-state index >= 15 is 0 Å². The van der Waals surface area contributed by atoms with E-state index in [9.17, 15) is 4.79 Å². The number of aryl methyl sites for hydroxylation is 1. The Morgan fingerprint density at radius 2 is 1.52 bits per heavy atom. The number of fused-ring (bicyclic) bond motifs is 1. The van der Waals surface area contributed by atoms with E-state index in [0.717, 1.165) is 29.7 Å². The first-order chi connectivity index (χ1) is 13.2. The van der Waals surface area contributed by atoms with Crippen LogP contribution in [0.5, 0.6) is 0 Å². The van der Waals surface area contributed by atoms with Crippen LogP contribution in [-0.4, -0.2) is 16.8 Å². The molecule has 0 aromatic heterocycles.